The minimum absolute atomic E-state index is 0.0268. The summed E-state index contributed by atoms with van der Waals surface area (Å²) in [4.78, 5) is 11.9. The fourth-order valence-corrected chi connectivity index (χ4v) is 2.22. The second-order valence-electron chi connectivity index (χ2n) is 4.57. The lowest BCUT2D eigenvalue weighted by Gasteiger charge is -2.11. The number of amidine groups is 1. The summed E-state index contributed by atoms with van der Waals surface area (Å²) in [6, 6.07) is 4.74. The molecular weight excluding hydrogens is 282 g/mol. The van der Waals surface area contributed by atoms with Crippen LogP contribution in [0.4, 0.5) is 5.69 Å². The number of oxime groups is 1. The molecule has 1 amide bonds. The first-order valence-corrected chi connectivity index (χ1v) is 6.67. The highest BCUT2D eigenvalue weighted by Gasteiger charge is 2.19. The summed E-state index contributed by atoms with van der Waals surface area (Å²) in [5.74, 6) is -0.216. The summed E-state index contributed by atoms with van der Waals surface area (Å²) in [5.41, 5.74) is 6.41. The van der Waals surface area contributed by atoms with Gasteiger partial charge in [0.1, 0.15) is 0 Å². The van der Waals surface area contributed by atoms with Gasteiger partial charge in [-0.15, -0.1) is 0 Å². The maximum atomic E-state index is 11.9. The minimum Gasteiger partial charge on any atom is -0.409 e. The molecule has 0 radical (unpaired) electrons. The average Bonchev–Trinajstić information content (AvgIpc) is 2.93. The molecule has 1 atom stereocenters. The van der Waals surface area contributed by atoms with Crippen LogP contribution >= 0.6 is 11.6 Å². The molecule has 0 saturated carbocycles. The number of hydrogen-bond acceptors (Lipinski definition) is 4. The van der Waals surface area contributed by atoms with Crippen LogP contribution in [0.2, 0.25) is 5.02 Å². The maximum absolute atomic E-state index is 11.9. The molecular formula is C13H16ClN3O3. The minimum atomic E-state index is -0.171. The molecule has 1 unspecified atom stereocenters. The van der Waals surface area contributed by atoms with Crippen LogP contribution in [0.15, 0.2) is 23.4 Å². The number of anilines is 1. The highest BCUT2D eigenvalue weighted by molar-refractivity contribution is 6.33. The molecule has 1 aliphatic heterocycles. The fourth-order valence-electron chi connectivity index (χ4n) is 2.05. The van der Waals surface area contributed by atoms with E-state index in [1.807, 2.05) is 0 Å². The predicted molar refractivity (Wildman–Crippen MR) is 76.2 cm³/mol. The van der Waals surface area contributed by atoms with Crippen LogP contribution in [0.5, 0.6) is 0 Å². The van der Waals surface area contributed by atoms with Gasteiger partial charge in [-0.05, 0) is 31.0 Å². The monoisotopic (exact) mass is 297 g/mol. The van der Waals surface area contributed by atoms with Gasteiger partial charge in [0.25, 0.3) is 0 Å². The van der Waals surface area contributed by atoms with Crippen LogP contribution in [0.1, 0.15) is 24.8 Å². The summed E-state index contributed by atoms with van der Waals surface area (Å²) in [6.07, 6.45) is 2.15. The number of carbonyl (C=O) groups is 1. The first-order valence-electron chi connectivity index (χ1n) is 6.29. The number of halogens is 1. The predicted octanol–water partition coefficient (Wildman–Crippen LogP) is 1.94. The van der Waals surface area contributed by atoms with E-state index in [4.69, 9.17) is 27.3 Å². The second-order valence-corrected chi connectivity index (χ2v) is 4.97. The van der Waals surface area contributed by atoms with Crippen LogP contribution in [0, 0.1) is 0 Å². The van der Waals surface area contributed by atoms with E-state index in [0.29, 0.717) is 29.3 Å². The Morgan fingerprint density at radius 3 is 3.05 bits per heavy atom. The van der Waals surface area contributed by atoms with Gasteiger partial charge in [0, 0.05) is 12.2 Å². The van der Waals surface area contributed by atoms with E-state index >= 15 is 0 Å². The lowest BCUT2D eigenvalue weighted by Crippen LogP contribution is -2.20. The highest BCUT2D eigenvalue weighted by atomic mass is 35.5. The Bertz CT molecular complexity index is 528. The largest absolute Gasteiger partial charge is 0.409 e. The van der Waals surface area contributed by atoms with Crippen LogP contribution in [0.3, 0.4) is 0 Å². The first kappa shape index (κ1) is 14.6. The molecule has 6 nitrogen and oxygen atoms in total. The van der Waals surface area contributed by atoms with Crippen molar-refractivity contribution in [3.05, 3.63) is 28.8 Å². The van der Waals surface area contributed by atoms with Crippen molar-refractivity contribution >= 4 is 29.0 Å². The molecule has 2 rings (SSSR count). The molecule has 1 aromatic carbocycles. The number of benzene rings is 1. The van der Waals surface area contributed by atoms with Crippen molar-refractivity contribution in [1.82, 2.24) is 0 Å². The number of nitrogens with one attached hydrogen (secondary N) is 1. The van der Waals surface area contributed by atoms with E-state index in [9.17, 15) is 4.79 Å². The lowest BCUT2D eigenvalue weighted by molar-refractivity contribution is -0.118. The Labute approximate surface area is 121 Å². The zero-order chi connectivity index (χ0) is 14.5. The molecule has 1 fully saturated rings. The molecule has 1 aliphatic rings. The molecule has 0 bridgehead atoms. The number of rotatable bonds is 4. The maximum Gasteiger partial charge on any atom is 0.227 e. The molecule has 108 valence electrons. The highest BCUT2D eigenvalue weighted by Crippen LogP contribution is 2.24. The quantitative estimate of drug-likeness (QED) is 0.342. The molecule has 1 aromatic rings. The van der Waals surface area contributed by atoms with Crippen molar-refractivity contribution in [3.8, 4) is 0 Å². The van der Waals surface area contributed by atoms with Crippen molar-refractivity contribution in [3.63, 3.8) is 0 Å². The van der Waals surface area contributed by atoms with Crippen LogP contribution < -0.4 is 11.1 Å². The van der Waals surface area contributed by atoms with E-state index in [0.717, 1.165) is 12.8 Å². The van der Waals surface area contributed by atoms with Crippen molar-refractivity contribution in [2.45, 2.75) is 25.4 Å². The van der Waals surface area contributed by atoms with Gasteiger partial charge in [-0.3, -0.25) is 4.79 Å². The number of nitrogens with zero attached hydrogens (tertiary/aromatic N) is 1. The molecule has 20 heavy (non-hydrogen) atoms. The summed E-state index contributed by atoms with van der Waals surface area (Å²) >= 11 is 6.02. The van der Waals surface area contributed by atoms with Crippen LogP contribution in [-0.4, -0.2) is 29.7 Å². The zero-order valence-electron chi connectivity index (χ0n) is 10.8. The SMILES string of the molecule is N/C(=N/O)c1ccc(Cl)c(NC(=O)CC2CCCO2)c1. The summed E-state index contributed by atoms with van der Waals surface area (Å²) in [5, 5.41) is 14.7. The Kier molecular flexibility index (Phi) is 4.81. The Balaban J connectivity index is 2.05. The van der Waals surface area contributed by atoms with E-state index < -0.39 is 0 Å². The molecule has 0 aliphatic carbocycles. The number of ether oxygens (including phenoxy) is 1. The molecule has 1 heterocycles. The van der Waals surface area contributed by atoms with Gasteiger partial charge < -0.3 is 21.0 Å². The molecule has 4 N–H and O–H groups in total. The second kappa shape index (κ2) is 6.58. The van der Waals surface area contributed by atoms with Crippen LogP contribution in [0.25, 0.3) is 0 Å². The average molecular weight is 298 g/mol. The van der Waals surface area contributed by atoms with Crippen LogP contribution in [-0.2, 0) is 9.53 Å². The van der Waals surface area contributed by atoms with Gasteiger partial charge in [0.05, 0.1) is 23.2 Å². The van der Waals surface area contributed by atoms with Gasteiger partial charge in [0.2, 0.25) is 5.91 Å². The Hall–Kier alpha value is -1.79. The molecule has 0 aromatic heterocycles. The van der Waals surface area contributed by atoms with E-state index in [-0.39, 0.29) is 17.8 Å². The Morgan fingerprint density at radius 1 is 1.60 bits per heavy atom. The summed E-state index contributed by atoms with van der Waals surface area (Å²) in [6.45, 7) is 0.706. The van der Waals surface area contributed by atoms with Crippen molar-refractivity contribution in [1.29, 1.82) is 0 Å². The van der Waals surface area contributed by atoms with Crippen molar-refractivity contribution < 1.29 is 14.7 Å². The lowest BCUT2D eigenvalue weighted by atomic mass is 10.1. The number of hydrogen-bond donors (Lipinski definition) is 3. The van der Waals surface area contributed by atoms with E-state index in [1.54, 1.807) is 18.2 Å². The molecule has 7 heteroatoms. The van der Waals surface area contributed by atoms with E-state index in [2.05, 4.69) is 10.5 Å². The van der Waals surface area contributed by atoms with Gasteiger partial charge in [-0.1, -0.05) is 16.8 Å². The van der Waals surface area contributed by atoms with E-state index in [1.165, 1.54) is 0 Å². The number of carbonyl (C=O) groups excluding carboxylic acids is 1. The summed E-state index contributed by atoms with van der Waals surface area (Å²) < 4.78 is 5.40. The van der Waals surface area contributed by atoms with Gasteiger partial charge in [-0.25, -0.2) is 0 Å². The Morgan fingerprint density at radius 2 is 2.40 bits per heavy atom. The van der Waals surface area contributed by atoms with Crippen molar-refractivity contribution in [2.24, 2.45) is 10.9 Å². The zero-order valence-corrected chi connectivity index (χ0v) is 11.6. The van der Waals surface area contributed by atoms with Gasteiger partial charge in [-0.2, -0.15) is 0 Å². The molecule has 0 spiro atoms. The standard InChI is InChI=1S/C13H16ClN3O3/c14-10-4-3-8(13(15)17-19)6-11(10)16-12(18)7-9-2-1-5-20-9/h3-4,6,9,19H,1-2,5,7H2,(H2,15,17)(H,16,18). The third-order valence-electron chi connectivity index (χ3n) is 3.08. The smallest absolute Gasteiger partial charge is 0.227 e. The number of amides is 1. The van der Waals surface area contributed by atoms with Gasteiger partial charge in [0.15, 0.2) is 5.84 Å². The third-order valence-corrected chi connectivity index (χ3v) is 3.41. The number of nitrogens with two attached hydrogens (primary N) is 1. The first-order chi connectivity index (χ1) is 9.60. The fraction of sp³-hybridized carbons (Fsp3) is 0.385. The third kappa shape index (κ3) is 3.61. The van der Waals surface area contributed by atoms with Crippen molar-refractivity contribution in [2.75, 3.05) is 11.9 Å². The summed E-state index contributed by atoms with van der Waals surface area (Å²) in [7, 11) is 0. The van der Waals surface area contributed by atoms with Gasteiger partial charge >= 0.3 is 0 Å². The topological polar surface area (TPSA) is 96.9 Å². The normalized spacial score (nSPS) is 19.1. The molecule has 1 saturated heterocycles.